The van der Waals surface area contributed by atoms with Crippen LogP contribution in [0.15, 0.2) is 41.8 Å². The fourth-order valence-electron chi connectivity index (χ4n) is 2.99. The standard InChI is InChI=1S/C18H20FNOS/c19-16-5-3-14(4-6-16)13-18(21)20-9-7-15(8-10-20)12-17-2-1-11-22-17/h1-6,11,15H,7-10,12-13H2. The molecule has 4 heteroatoms. The van der Waals surface area contributed by atoms with Crippen LogP contribution in [0.4, 0.5) is 4.39 Å². The SMILES string of the molecule is O=C(Cc1ccc(F)cc1)N1CCC(Cc2cccs2)CC1. The Morgan fingerprint density at radius 3 is 2.55 bits per heavy atom. The molecule has 2 aromatic rings. The maximum atomic E-state index is 12.9. The summed E-state index contributed by atoms with van der Waals surface area (Å²) in [7, 11) is 0. The van der Waals surface area contributed by atoms with Crippen molar-refractivity contribution in [1.29, 1.82) is 0 Å². The number of thiophene rings is 1. The molecule has 116 valence electrons. The van der Waals surface area contributed by atoms with E-state index in [0.717, 1.165) is 37.9 Å². The van der Waals surface area contributed by atoms with Crippen LogP contribution in [0.25, 0.3) is 0 Å². The number of hydrogen-bond donors (Lipinski definition) is 0. The number of likely N-dealkylation sites (tertiary alicyclic amines) is 1. The van der Waals surface area contributed by atoms with Gasteiger partial charge in [-0.15, -0.1) is 11.3 Å². The Morgan fingerprint density at radius 2 is 1.91 bits per heavy atom. The lowest BCUT2D eigenvalue weighted by Gasteiger charge is -2.32. The minimum atomic E-state index is -0.259. The molecule has 1 saturated heterocycles. The molecule has 1 amide bonds. The van der Waals surface area contributed by atoms with Crippen molar-refractivity contribution in [1.82, 2.24) is 4.90 Å². The summed E-state index contributed by atoms with van der Waals surface area (Å²) >= 11 is 1.82. The minimum absolute atomic E-state index is 0.154. The third-order valence-corrected chi connectivity index (χ3v) is 5.20. The van der Waals surface area contributed by atoms with E-state index in [1.807, 2.05) is 16.2 Å². The summed E-state index contributed by atoms with van der Waals surface area (Å²) in [6.07, 6.45) is 3.66. The third-order valence-electron chi connectivity index (χ3n) is 4.31. The molecule has 1 aliphatic rings. The molecular formula is C18H20FNOS. The van der Waals surface area contributed by atoms with Crippen LogP contribution in [0.2, 0.25) is 0 Å². The first kappa shape index (κ1) is 15.2. The van der Waals surface area contributed by atoms with Crippen LogP contribution in [-0.4, -0.2) is 23.9 Å². The van der Waals surface area contributed by atoms with Crippen LogP contribution in [0.1, 0.15) is 23.3 Å². The lowest BCUT2D eigenvalue weighted by atomic mass is 9.92. The average Bonchev–Trinajstić information content (AvgIpc) is 3.03. The Hall–Kier alpha value is -1.68. The number of benzene rings is 1. The molecule has 0 saturated carbocycles. The molecule has 0 bridgehead atoms. The van der Waals surface area contributed by atoms with Gasteiger partial charge in [-0.3, -0.25) is 4.79 Å². The van der Waals surface area contributed by atoms with E-state index in [2.05, 4.69) is 17.5 Å². The lowest BCUT2D eigenvalue weighted by molar-refractivity contribution is -0.131. The summed E-state index contributed by atoms with van der Waals surface area (Å²) in [4.78, 5) is 15.7. The fourth-order valence-corrected chi connectivity index (χ4v) is 3.81. The van der Waals surface area contributed by atoms with E-state index >= 15 is 0 Å². The Morgan fingerprint density at radius 1 is 1.18 bits per heavy atom. The summed E-state index contributed by atoms with van der Waals surface area (Å²) < 4.78 is 12.9. The zero-order valence-corrected chi connectivity index (χ0v) is 13.3. The molecule has 0 unspecified atom stereocenters. The maximum Gasteiger partial charge on any atom is 0.226 e. The second kappa shape index (κ2) is 7.05. The molecular weight excluding hydrogens is 297 g/mol. The van der Waals surface area contributed by atoms with Crippen molar-refractivity contribution in [3.8, 4) is 0 Å². The van der Waals surface area contributed by atoms with E-state index in [-0.39, 0.29) is 11.7 Å². The molecule has 0 atom stereocenters. The van der Waals surface area contributed by atoms with Crippen molar-refractivity contribution in [3.63, 3.8) is 0 Å². The van der Waals surface area contributed by atoms with Crippen molar-refractivity contribution in [2.45, 2.75) is 25.7 Å². The number of halogens is 1. The van der Waals surface area contributed by atoms with Crippen molar-refractivity contribution < 1.29 is 9.18 Å². The Bertz CT molecular complexity index is 601. The van der Waals surface area contributed by atoms with Crippen molar-refractivity contribution in [3.05, 3.63) is 58.0 Å². The van der Waals surface area contributed by atoms with Gasteiger partial charge in [0.15, 0.2) is 0 Å². The third kappa shape index (κ3) is 3.95. The van der Waals surface area contributed by atoms with Gasteiger partial charge in [0.25, 0.3) is 0 Å². The summed E-state index contributed by atoms with van der Waals surface area (Å²) in [5.74, 6) is 0.584. The zero-order chi connectivity index (χ0) is 15.4. The van der Waals surface area contributed by atoms with Crippen LogP contribution >= 0.6 is 11.3 Å². The van der Waals surface area contributed by atoms with Gasteiger partial charge in [-0.05, 0) is 54.3 Å². The minimum Gasteiger partial charge on any atom is -0.342 e. The highest BCUT2D eigenvalue weighted by atomic mass is 32.1. The number of hydrogen-bond acceptors (Lipinski definition) is 2. The zero-order valence-electron chi connectivity index (χ0n) is 12.5. The van der Waals surface area contributed by atoms with Gasteiger partial charge in [0.2, 0.25) is 5.91 Å². The van der Waals surface area contributed by atoms with Gasteiger partial charge in [0.05, 0.1) is 6.42 Å². The first-order chi connectivity index (χ1) is 10.7. The van der Waals surface area contributed by atoms with Gasteiger partial charge in [-0.25, -0.2) is 4.39 Å². The van der Waals surface area contributed by atoms with E-state index in [4.69, 9.17) is 0 Å². The lowest BCUT2D eigenvalue weighted by Crippen LogP contribution is -2.39. The molecule has 1 fully saturated rings. The number of carbonyl (C=O) groups is 1. The second-order valence-electron chi connectivity index (χ2n) is 5.91. The highest BCUT2D eigenvalue weighted by Crippen LogP contribution is 2.24. The molecule has 0 aliphatic carbocycles. The molecule has 22 heavy (non-hydrogen) atoms. The Kier molecular flexibility index (Phi) is 4.88. The van der Waals surface area contributed by atoms with Crippen molar-refractivity contribution in [2.75, 3.05) is 13.1 Å². The molecule has 1 aliphatic heterocycles. The van der Waals surface area contributed by atoms with Crippen molar-refractivity contribution >= 4 is 17.2 Å². The van der Waals surface area contributed by atoms with E-state index in [1.54, 1.807) is 12.1 Å². The van der Waals surface area contributed by atoms with E-state index < -0.39 is 0 Å². The first-order valence-corrected chi connectivity index (χ1v) is 8.63. The molecule has 3 rings (SSSR count). The highest BCUT2D eigenvalue weighted by Gasteiger charge is 2.23. The van der Waals surface area contributed by atoms with E-state index in [9.17, 15) is 9.18 Å². The summed E-state index contributed by atoms with van der Waals surface area (Å²) in [5.41, 5.74) is 0.882. The van der Waals surface area contributed by atoms with Crippen molar-refractivity contribution in [2.24, 2.45) is 5.92 Å². The second-order valence-corrected chi connectivity index (χ2v) is 6.94. The number of rotatable bonds is 4. The van der Waals surface area contributed by atoms with Crippen LogP contribution in [0, 0.1) is 11.7 Å². The fraction of sp³-hybridized carbons (Fsp3) is 0.389. The smallest absolute Gasteiger partial charge is 0.226 e. The molecule has 0 N–H and O–H groups in total. The normalized spacial score (nSPS) is 16.0. The average molecular weight is 317 g/mol. The summed E-state index contributed by atoms with van der Waals surface area (Å²) in [6.45, 7) is 1.69. The van der Waals surface area contributed by atoms with Gasteiger partial charge in [0, 0.05) is 18.0 Å². The van der Waals surface area contributed by atoms with Crippen LogP contribution in [0.3, 0.4) is 0 Å². The molecule has 2 heterocycles. The van der Waals surface area contributed by atoms with Gasteiger partial charge >= 0.3 is 0 Å². The predicted octanol–water partition coefficient (Wildman–Crippen LogP) is 3.91. The summed E-state index contributed by atoms with van der Waals surface area (Å²) in [5, 5.41) is 2.12. The van der Waals surface area contributed by atoms with E-state index in [0.29, 0.717) is 12.3 Å². The first-order valence-electron chi connectivity index (χ1n) is 7.75. The van der Waals surface area contributed by atoms with Crippen LogP contribution in [-0.2, 0) is 17.6 Å². The highest BCUT2D eigenvalue weighted by molar-refractivity contribution is 7.09. The van der Waals surface area contributed by atoms with E-state index in [1.165, 1.54) is 17.0 Å². The quantitative estimate of drug-likeness (QED) is 0.837. The number of carbonyl (C=O) groups excluding carboxylic acids is 1. The number of piperidine rings is 1. The molecule has 2 nitrogen and oxygen atoms in total. The predicted molar refractivity (Wildman–Crippen MR) is 87.4 cm³/mol. The van der Waals surface area contributed by atoms with Gasteiger partial charge in [-0.1, -0.05) is 18.2 Å². The topological polar surface area (TPSA) is 20.3 Å². The monoisotopic (exact) mass is 317 g/mol. The largest absolute Gasteiger partial charge is 0.342 e. The van der Waals surface area contributed by atoms with Crippen LogP contribution in [0.5, 0.6) is 0 Å². The number of amides is 1. The van der Waals surface area contributed by atoms with Gasteiger partial charge in [-0.2, -0.15) is 0 Å². The number of nitrogens with zero attached hydrogens (tertiary/aromatic N) is 1. The van der Waals surface area contributed by atoms with Gasteiger partial charge in [0.1, 0.15) is 5.82 Å². The molecule has 1 aromatic heterocycles. The Labute approximate surface area is 134 Å². The van der Waals surface area contributed by atoms with Crippen LogP contribution < -0.4 is 0 Å². The maximum absolute atomic E-state index is 12.9. The van der Waals surface area contributed by atoms with Gasteiger partial charge < -0.3 is 4.90 Å². The Balaban J connectivity index is 1.48. The molecule has 0 radical (unpaired) electrons. The molecule has 0 spiro atoms. The summed E-state index contributed by atoms with van der Waals surface area (Å²) in [6, 6.07) is 10.5. The molecule has 1 aromatic carbocycles.